The van der Waals surface area contributed by atoms with Crippen LogP contribution in [0.5, 0.6) is 17.2 Å². The highest BCUT2D eigenvalue weighted by atomic mass is 35.5. The Labute approximate surface area is 161 Å². The van der Waals surface area contributed by atoms with Crippen molar-refractivity contribution >= 4 is 23.5 Å². The Hall–Kier alpha value is -2.76. The second-order valence-corrected chi connectivity index (χ2v) is 6.87. The molecule has 2 aliphatic rings. The molecular formula is C21H17ClO5. The number of hydrogen-bond donors (Lipinski definition) is 0. The number of benzene rings is 2. The Morgan fingerprint density at radius 3 is 3.00 bits per heavy atom. The van der Waals surface area contributed by atoms with Crippen molar-refractivity contribution in [1.29, 1.82) is 0 Å². The van der Waals surface area contributed by atoms with Gasteiger partial charge < -0.3 is 18.9 Å². The van der Waals surface area contributed by atoms with Crippen LogP contribution in [0.4, 0.5) is 0 Å². The molecule has 27 heavy (non-hydrogen) atoms. The molecule has 0 fully saturated rings. The van der Waals surface area contributed by atoms with Crippen LogP contribution < -0.4 is 14.2 Å². The molecule has 6 heteroatoms. The van der Waals surface area contributed by atoms with E-state index in [0.717, 1.165) is 11.1 Å². The molecule has 0 aromatic heterocycles. The summed E-state index contributed by atoms with van der Waals surface area (Å²) >= 11 is 6.18. The van der Waals surface area contributed by atoms with Gasteiger partial charge in [-0.3, -0.25) is 4.79 Å². The lowest BCUT2D eigenvalue weighted by atomic mass is 10.1. The summed E-state index contributed by atoms with van der Waals surface area (Å²) in [6.07, 6.45) is 1.65. The van der Waals surface area contributed by atoms with E-state index in [1.54, 1.807) is 36.4 Å². The van der Waals surface area contributed by atoms with Gasteiger partial charge in [-0.1, -0.05) is 18.2 Å². The fraction of sp³-hybridized carbons (Fsp3) is 0.190. The standard InChI is InChI=1S/C21H17ClO5/c1-12(2)9-25-16-3-4-17-18(8-16)27-19(20(17)23)7-13-5-15(22)6-14-10-24-11-26-21(13)14/h3-8H,1,9-11H2,2H3. The highest BCUT2D eigenvalue weighted by molar-refractivity contribution is 6.31. The van der Waals surface area contributed by atoms with Crippen LogP contribution in [0, 0.1) is 0 Å². The summed E-state index contributed by atoms with van der Waals surface area (Å²) in [5, 5.41) is 0.535. The van der Waals surface area contributed by atoms with Crippen molar-refractivity contribution in [3.05, 3.63) is 70.0 Å². The molecular weight excluding hydrogens is 368 g/mol. The molecule has 2 heterocycles. The first-order valence-corrected chi connectivity index (χ1v) is 8.77. The normalized spacial score (nSPS) is 16.4. The average Bonchev–Trinajstić information content (AvgIpc) is 2.95. The molecule has 0 unspecified atom stereocenters. The van der Waals surface area contributed by atoms with E-state index in [0.29, 0.717) is 46.6 Å². The Morgan fingerprint density at radius 2 is 2.19 bits per heavy atom. The molecule has 138 valence electrons. The van der Waals surface area contributed by atoms with Crippen LogP contribution in [0.2, 0.25) is 5.02 Å². The molecule has 0 amide bonds. The van der Waals surface area contributed by atoms with E-state index in [4.69, 9.17) is 30.5 Å². The van der Waals surface area contributed by atoms with Crippen LogP contribution >= 0.6 is 11.6 Å². The van der Waals surface area contributed by atoms with Crippen LogP contribution in [0.3, 0.4) is 0 Å². The summed E-state index contributed by atoms with van der Waals surface area (Å²) in [4.78, 5) is 12.7. The van der Waals surface area contributed by atoms with Crippen LogP contribution in [0.1, 0.15) is 28.4 Å². The van der Waals surface area contributed by atoms with Crippen molar-refractivity contribution < 1.29 is 23.7 Å². The first-order valence-electron chi connectivity index (χ1n) is 8.40. The van der Waals surface area contributed by atoms with Crippen LogP contribution in [0.25, 0.3) is 6.08 Å². The number of fused-ring (bicyclic) bond motifs is 2. The molecule has 4 rings (SSSR count). The van der Waals surface area contributed by atoms with Crippen molar-refractivity contribution in [2.24, 2.45) is 0 Å². The minimum atomic E-state index is -0.197. The maximum Gasteiger partial charge on any atom is 0.231 e. The molecule has 0 bridgehead atoms. The molecule has 2 aromatic rings. The first-order chi connectivity index (χ1) is 13.0. The number of ether oxygens (including phenoxy) is 4. The summed E-state index contributed by atoms with van der Waals surface area (Å²) < 4.78 is 22.3. The molecule has 0 spiro atoms. The number of rotatable bonds is 4. The maximum atomic E-state index is 12.7. The Morgan fingerprint density at radius 1 is 1.33 bits per heavy atom. The van der Waals surface area contributed by atoms with Gasteiger partial charge in [0, 0.05) is 22.2 Å². The Balaban J connectivity index is 1.65. The summed E-state index contributed by atoms with van der Waals surface area (Å²) in [5.74, 6) is 1.74. The third-order valence-electron chi connectivity index (χ3n) is 4.12. The molecule has 5 nitrogen and oxygen atoms in total. The second kappa shape index (κ2) is 7.10. The number of carbonyl (C=O) groups excluding carboxylic acids is 1. The number of Topliss-reactive ketones (excluding diaryl/α,β-unsaturated/α-hetero) is 1. The van der Waals surface area contributed by atoms with Gasteiger partial charge in [0.1, 0.15) is 23.9 Å². The van der Waals surface area contributed by atoms with Crippen molar-refractivity contribution in [3.63, 3.8) is 0 Å². The van der Waals surface area contributed by atoms with E-state index in [-0.39, 0.29) is 18.3 Å². The number of hydrogen-bond acceptors (Lipinski definition) is 5. The fourth-order valence-electron chi connectivity index (χ4n) is 2.92. The van der Waals surface area contributed by atoms with Gasteiger partial charge in [0.25, 0.3) is 0 Å². The predicted octanol–water partition coefficient (Wildman–Crippen LogP) is 4.78. The van der Waals surface area contributed by atoms with Crippen molar-refractivity contribution in [2.75, 3.05) is 13.4 Å². The van der Waals surface area contributed by atoms with E-state index >= 15 is 0 Å². The first kappa shape index (κ1) is 17.6. The van der Waals surface area contributed by atoms with Crippen molar-refractivity contribution in [2.45, 2.75) is 13.5 Å². The average molecular weight is 385 g/mol. The number of allylic oxidation sites excluding steroid dienone is 1. The lowest BCUT2D eigenvalue weighted by molar-refractivity contribution is -0.0165. The summed E-state index contributed by atoms with van der Waals surface area (Å²) in [6, 6.07) is 8.67. The molecule has 0 aliphatic carbocycles. The van der Waals surface area contributed by atoms with Gasteiger partial charge in [0.15, 0.2) is 12.6 Å². The predicted molar refractivity (Wildman–Crippen MR) is 101 cm³/mol. The minimum Gasteiger partial charge on any atom is -0.489 e. The van der Waals surface area contributed by atoms with E-state index < -0.39 is 0 Å². The zero-order valence-corrected chi connectivity index (χ0v) is 15.5. The zero-order chi connectivity index (χ0) is 19.0. The highest BCUT2D eigenvalue weighted by Gasteiger charge is 2.28. The third-order valence-corrected chi connectivity index (χ3v) is 4.33. The van der Waals surface area contributed by atoms with Crippen molar-refractivity contribution in [3.8, 4) is 17.2 Å². The molecule has 0 N–H and O–H groups in total. The van der Waals surface area contributed by atoms with E-state index in [1.165, 1.54) is 0 Å². The van der Waals surface area contributed by atoms with Crippen LogP contribution in [0.15, 0.2) is 48.2 Å². The molecule has 2 aliphatic heterocycles. The fourth-order valence-corrected chi connectivity index (χ4v) is 3.17. The summed E-state index contributed by atoms with van der Waals surface area (Å²) in [5.41, 5.74) is 2.90. The monoisotopic (exact) mass is 384 g/mol. The molecule has 0 saturated heterocycles. The SMILES string of the molecule is C=C(C)COc1ccc2c(c1)OC(=Cc1cc(Cl)cc3c1OCOC3)C2=O. The van der Waals surface area contributed by atoms with Gasteiger partial charge in [-0.25, -0.2) is 0 Å². The smallest absolute Gasteiger partial charge is 0.231 e. The lowest BCUT2D eigenvalue weighted by Crippen LogP contribution is -2.12. The van der Waals surface area contributed by atoms with Gasteiger partial charge in [-0.05, 0) is 42.8 Å². The third kappa shape index (κ3) is 3.56. The molecule has 2 aromatic carbocycles. The number of carbonyl (C=O) groups is 1. The van der Waals surface area contributed by atoms with Crippen LogP contribution in [-0.4, -0.2) is 19.2 Å². The minimum absolute atomic E-state index is 0.156. The summed E-state index contributed by atoms with van der Waals surface area (Å²) in [7, 11) is 0. The zero-order valence-electron chi connectivity index (χ0n) is 14.7. The van der Waals surface area contributed by atoms with E-state index in [2.05, 4.69) is 6.58 Å². The van der Waals surface area contributed by atoms with Gasteiger partial charge in [0.05, 0.1) is 12.2 Å². The molecule has 0 radical (unpaired) electrons. The van der Waals surface area contributed by atoms with Gasteiger partial charge >= 0.3 is 0 Å². The second-order valence-electron chi connectivity index (χ2n) is 6.44. The van der Waals surface area contributed by atoms with Gasteiger partial charge in [-0.15, -0.1) is 0 Å². The molecule has 0 saturated carbocycles. The van der Waals surface area contributed by atoms with E-state index in [1.807, 2.05) is 6.92 Å². The quantitative estimate of drug-likeness (QED) is 0.561. The Bertz CT molecular complexity index is 977. The lowest BCUT2D eigenvalue weighted by Gasteiger charge is -2.20. The van der Waals surface area contributed by atoms with Crippen molar-refractivity contribution in [1.82, 2.24) is 0 Å². The largest absolute Gasteiger partial charge is 0.489 e. The van der Waals surface area contributed by atoms with Gasteiger partial charge in [-0.2, -0.15) is 0 Å². The number of ketones is 1. The topological polar surface area (TPSA) is 54.0 Å². The Kier molecular flexibility index (Phi) is 4.64. The molecule has 0 atom stereocenters. The van der Waals surface area contributed by atoms with Gasteiger partial charge in [0.2, 0.25) is 5.78 Å². The number of halogens is 1. The highest BCUT2D eigenvalue weighted by Crippen LogP contribution is 2.38. The summed E-state index contributed by atoms with van der Waals surface area (Å²) in [6.45, 7) is 6.66. The maximum absolute atomic E-state index is 12.7. The van der Waals surface area contributed by atoms with Crippen LogP contribution in [-0.2, 0) is 11.3 Å². The van der Waals surface area contributed by atoms with E-state index in [9.17, 15) is 4.79 Å².